The summed E-state index contributed by atoms with van der Waals surface area (Å²) in [5, 5.41) is 3.83. The average molecular weight is 287 g/mol. The van der Waals surface area contributed by atoms with Crippen molar-refractivity contribution in [3.05, 3.63) is 24.4 Å². The normalized spacial score (nSPS) is 27.8. The fourth-order valence-electron chi connectivity index (χ4n) is 3.72. The molecule has 116 valence electrons. The van der Waals surface area contributed by atoms with Gasteiger partial charge in [-0.15, -0.1) is 0 Å². The van der Waals surface area contributed by atoms with E-state index in [9.17, 15) is 0 Å². The lowest BCUT2D eigenvalue weighted by molar-refractivity contribution is 0.267. The Hall–Kier alpha value is -1.09. The van der Waals surface area contributed by atoms with Gasteiger partial charge in [-0.05, 0) is 56.2 Å². The molecule has 0 bridgehead atoms. The molecule has 2 aliphatic rings. The van der Waals surface area contributed by atoms with Crippen LogP contribution < -0.4 is 10.2 Å². The second-order valence-electron chi connectivity index (χ2n) is 6.98. The van der Waals surface area contributed by atoms with Crippen LogP contribution in [0.4, 0.5) is 5.82 Å². The lowest BCUT2D eigenvalue weighted by Gasteiger charge is -2.34. The topological polar surface area (TPSA) is 28.2 Å². The van der Waals surface area contributed by atoms with Gasteiger partial charge in [0.1, 0.15) is 5.82 Å². The van der Waals surface area contributed by atoms with Gasteiger partial charge >= 0.3 is 0 Å². The van der Waals surface area contributed by atoms with E-state index in [0.717, 1.165) is 30.7 Å². The smallest absolute Gasteiger partial charge is 0.128 e. The molecule has 1 aliphatic heterocycles. The number of nitrogens with zero attached hydrogens (tertiary/aromatic N) is 2. The van der Waals surface area contributed by atoms with Gasteiger partial charge in [-0.2, -0.15) is 0 Å². The van der Waals surface area contributed by atoms with Crippen LogP contribution >= 0.6 is 0 Å². The third-order valence-corrected chi connectivity index (χ3v) is 5.30. The summed E-state index contributed by atoms with van der Waals surface area (Å²) in [4.78, 5) is 6.88. The molecule has 21 heavy (non-hydrogen) atoms. The summed E-state index contributed by atoms with van der Waals surface area (Å²) in [6, 6.07) is 6.90. The van der Waals surface area contributed by atoms with E-state index in [1.807, 2.05) is 12.3 Å². The molecule has 1 saturated heterocycles. The standard InChI is InChI=1S/C18H29N3/c1-15-5-7-16(8-6-15)14-20-17-9-12-21(13-10-17)18-4-2-3-11-19-18/h2-4,11,15-17,20H,5-10,12-14H2,1H3. The van der Waals surface area contributed by atoms with E-state index in [4.69, 9.17) is 0 Å². The van der Waals surface area contributed by atoms with E-state index in [0.29, 0.717) is 6.04 Å². The third-order valence-electron chi connectivity index (χ3n) is 5.30. The minimum atomic E-state index is 0.712. The first kappa shape index (κ1) is 14.8. The molecule has 0 aromatic carbocycles. The predicted molar refractivity (Wildman–Crippen MR) is 88.6 cm³/mol. The molecule has 1 aliphatic carbocycles. The number of hydrogen-bond donors (Lipinski definition) is 1. The van der Waals surface area contributed by atoms with Gasteiger partial charge in [0.25, 0.3) is 0 Å². The molecule has 0 radical (unpaired) electrons. The molecule has 1 saturated carbocycles. The summed E-state index contributed by atoms with van der Waals surface area (Å²) in [6.45, 7) is 5.91. The number of piperidine rings is 1. The van der Waals surface area contributed by atoms with E-state index in [1.54, 1.807) is 0 Å². The molecule has 1 N–H and O–H groups in total. The Morgan fingerprint density at radius 3 is 2.52 bits per heavy atom. The second kappa shape index (κ2) is 7.26. The lowest BCUT2D eigenvalue weighted by atomic mass is 9.83. The van der Waals surface area contributed by atoms with Crippen LogP contribution in [0.2, 0.25) is 0 Å². The van der Waals surface area contributed by atoms with E-state index in [1.165, 1.54) is 45.1 Å². The molecular weight excluding hydrogens is 258 g/mol. The van der Waals surface area contributed by atoms with Crippen molar-refractivity contribution < 1.29 is 0 Å². The van der Waals surface area contributed by atoms with Crippen molar-refractivity contribution in [2.75, 3.05) is 24.5 Å². The zero-order chi connectivity index (χ0) is 14.5. The van der Waals surface area contributed by atoms with Crippen LogP contribution in [0, 0.1) is 11.8 Å². The first-order valence-electron chi connectivity index (χ1n) is 8.70. The Balaban J connectivity index is 1.38. The number of hydrogen-bond acceptors (Lipinski definition) is 3. The van der Waals surface area contributed by atoms with Crippen LogP contribution in [-0.2, 0) is 0 Å². The molecule has 3 heteroatoms. The highest BCUT2D eigenvalue weighted by Crippen LogP contribution is 2.28. The van der Waals surface area contributed by atoms with Crippen LogP contribution in [0.5, 0.6) is 0 Å². The van der Waals surface area contributed by atoms with Gasteiger partial charge in [-0.3, -0.25) is 0 Å². The molecule has 2 heterocycles. The maximum atomic E-state index is 4.46. The molecule has 2 fully saturated rings. The molecule has 0 amide bonds. The SMILES string of the molecule is CC1CCC(CNC2CCN(c3ccccn3)CC2)CC1. The minimum Gasteiger partial charge on any atom is -0.357 e. The van der Waals surface area contributed by atoms with Crippen molar-refractivity contribution in [3.63, 3.8) is 0 Å². The largest absolute Gasteiger partial charge is 0.357 e. The minimum absolute atomic E-state index is 0.712. The van der Waals surface area contributed by atoms with Crippen molar-refractivity contribution in [1.29, 1.82) is 0 Å². The van der Waals surface area contributed by atoms with Crippen LogP contribution in [0.3, 0.4) is 0 Å². The van der Waals surface area contributed by atoms with Gasteiger partial charge in [0.2, 0.25) is 0 Å². The molecule has 3 nitrogen and oxygen atoms in total. The summed E-state index contributed by atoms with van der Waals surface area (Å²) in [5.41, 5.74) is 0. The molecule has 0 unspecified atom stereocenters. The lowest BCUT2D eigenvalue weighted by Crippen LogP contribution is -2.44. The summed E-state index contributed by atoms with van der Waals surface area (Å²) in [5.74, 6) is 3.02. The van der Waals surface area contributed by atoms with E-state index >= 15 is 0 Å². The van der Waals surface area contributed by atoms with Crippen LogP contribution in [-0.4, -0.2) is 30.7 Å². The van der Waals surface area contributed by atoms with E-state index < -0.39 is 0 Å². The van der Waals surface area contributed by atoms with Gasteiger partial charge in [0, 0.05) is 25.3 Å². The molecule has 3 rings (SSSR count). The second-order valence-corrected chi connectivity index (χ2v) is 6.98. The Kier molecular flexibility index (Phi) is 5.13. The number of rotatable bonds is 4. The van der Waals surface area contributed by atoms with Crippen molar-refractivity contribution in [3.8, 4) is 0 Å². The van der Waals surface area contributed by atoms with Gasteiger partial charge in [-0.1, -0.05) is 25.8 Å². The molecule has 0 atom stereocenters. The highest BCUT2D eigenvalue weighted by Gasteiger charge is 2.22. The molecule has 0 spiro atoms. The Bertz CT molecular complexity index is 404. The molecular formula is C18H29N3. The predicted octanol–water partition coefficient (Wildman–Crippen LogP) is 3.47. The van der Waals surface area contributed by atoms with E-state index in [2.05, 4.69) is 34.3 Å². The zero-order valence-electron chi connectivity index (χ0n) is 13.3. The number of pyridine rings is 1. The van der Waals surface area contributed by atoms with Crippen molar-refractivity contribution in [2.45, 2.75) is 51.5 Å². The fraction of sp³-hybridized carbons (Fsp3) is 0.722. The maximum Gasteiger partial charge on any atom is 0.128 e. The van der Waals surface area contributed by atoms with Gasteiger partial charge < -0.3 is 10.2 Å². The Morgan fingerprint density at radius 1 is 1.10 bits per heavy atom. The average Bonchev–Trinajstić information content (AvgIpc) is 2.56. The summed E-state index contributed by atoms with van der Waals surface area (Å²) in [6.07, 6.45) is 10.1. The Morgan fingerprint density at radius 2 is 1.86 bits per heavy atom. The van der Waals surface area contributed by atoms with Crippen molar-refractivity contribution >= 4 is 5.82 Å². The van der Waals surface area contributed by atoms with Crippen LogP contribution in [0.25, 0.3) is 0 Å². The number of nitrogens with one attached hydrogen (secondary N) is 1. The highest BCUT2D eigenvalue weighted by molar-refractivity contribution is 5.38. The maximum absolute atomic E-state index is 4.46. The Labute approximate surface area is 129 Å². The molecule has 1 aromatic rings. The quantitative estimate of drug-likeness (QED) is 0.919. The first-order chi connectivity index (χ1) is 10.3. The monoisotopic (exact) mass is 287 g/mol. The summed E-state index contributed by atoms with van der Waals surface area (Å²) < 4.78 is 0. The van der Waals surface area contributed by atoms with Crippen molar-refractivity contribution in [1.82, 2.24) is 10.3 Å². The van der Waals surface area contributed by atoms with Crippen LogP contribution in [0.1, 0.15) is 45.4 Å². The van der Waals surface area contributed by atoms with E-state index in [-0.39, 0.29) is 0 Å². The first-order valence-corrected chi connectivity index (χ1v) is 8.70. The summed E-state index contributed by atoms with van der Waals surface area (Å²) >= 11 is 0. The highest BCUT2D eigenvalue weighted by atomic mass is 15.2. The third kappa shape index (κ3) is 4.19. The number of aromatic nitrogens is 1. The summed E-state index contributed by atoms with van der Waals surface area (Å²) in [7, 11) is 0. The van der Waals surface area contributed by atoms with Crippen LogP contribution in [0.15, 0.2) is 24.4 Å². The van der Waals surface area contributed by atoms with Gasteiger partial charge in [0.05, 0.1) is 0 Å². The van der Waals surface area contributed by atoms with Gasteiger partial charge in [-0.25, -0.2) is 4.98 Å². The van der Waals surface area contributed by atoms with Crippen molar-refractivity contribution in [2.24, 2.45) is 11.8 Å². The number of anilines is 1. The fourth-order valence-corrected chi connectivity index (χ4v) is 3.72. The molecule has 1 aromatic heterocycles. The van der Waals surface area contributed by atoms with Gasteiger partial charge in [0.15, 0.2) is 0 Å². The zero-order valence-corrected chi connectivity index (χ0v) is 13.3.